The van der Waals surface area contributed by atoms with Gasteiger partial charge in [0.25, 0.3) is 0 Å². The molecule has 2 N–H and O–H groups in total. The summed E-state index contributed by atoms with van der Waals surface area (Å²) >= 11 is 0. The first-order valence-corrected chi connectivity index (χ1v) is 9.94. The van der Waals surface area contributed by atoms with Gasteiger partial charge in [-0.15, -0.1) is 0 Å². The van der Waals surface area contributed by atoms with Gasteiger partial charge in [0.1, 0.15) is 6.04 Å². The van der Waals surface area contributed by atoms with Crippen LogP contribution >= 0.6 is 0 Å². The second-order valence-electron chi connectivity index (χ2n) is 7.99. The summed E-state index contributed by atoms with van der Waals surface area (Å²) < 4.78 is 3.49. The monoisotopic (exact) mass is 368 g/mol. The summed E-state index contributed by atoms with van der Waals surface area (Å²) in [5, 5.41) is 5.78. The molecule has 3 heterocycles. The van der Waals surface area contributed by atoms with Crippen molar-refractivity contribution in [2.45, 2.75) is 56.5 Å². The summed E-state index contributed by atoms with van der Waals surface area (Å²) in [6.07, 6.45) is 4.87. The molecule has 1 aliphatic carbocycles. The largest absolute Gasteiger partial charge is 0.330 e. The maximum absolute atomic E-state index is 13.2. The number of amides is 2. The summed E-state index contributed by atoms with van der Waals surface area (Å²) in [4.78, 5) is 37.1. The van der Waals surface area contributed by atoms with E-state index in [-0.39, 0.29) is 30.0 Å². The first-order valence-electron chi connectivity index (χ1n) is 9.94. The Kier molecular flexibility index (Phi) is 3.93. The number of fused-ring (bicyclic) bond motifs is 1. The Hall–Kier alpha value is -2.41. The number of imide groups is 1. The van der Waals surface area contributed by atoms with E-state index in [2.05, 4.69) is 22.8 Å². The first kappa shape index (κ1) is 16.7. The number of imidazole rings is 1. The number of hydrogen-bond donors (Lipinski definition) is 2. The number of piperidine rings is 2. The van der Waals surface area contributed by atoms with E-state index in [1.54, 1.807) is 4.57 Å². The minimum Gasteiger partial charge on any atom is -0.317 e. The third kappa shape index (κ3) is 2.81. The summed E-state index contributed by atoms with van der Waals surface area (Å²) in [5.74, 6) is -0.119. The predicted molar refractivity (Wildman–Crippen MR) is 101 cm³/mol. The van der Waals surface area contributed by atoms with Gasteiger partial charge in [-0.2, -0.15) is 0 Å². The van der Waals surface area contributed by atoms with Crippen LogP contribution in [0.3, 0.4) is 0 Å². The summed E-state index contributed by atoms with van der Waals surface area (Å²) in [6, 6.07) is 5.89. The topological polar surface area (TPSA) is 85.1 Å². The number of nitrogens with one attached hydrogen (secondary N) is 2. The molecule has 3 aliphatic rings. The standard InChI is InChI=1S/C20H24N4O3/c25-18-6-5-16(19(26)22-18)24-15-4-1-13(12-7-9-21-10-8-12)11-17(15)23(20(24)27)14-2-3-14/h1,4,11-12,14,16,21H,2-3,5-10H2,(H,22,25,26). The molecule has 1 unspecified atom stereocenters. The SMILES string of the molecule is O=C1CCC(n2c(=O)n(C3CC3)c3cc(C4CCNCC4)ccc32)C(=O)N1. The molecular weight excluding hydrogens is 344 g/mol. The van der Waals surface area contributed by atoms with Crippen LogP contribution in [0.2, 0.25) is 0 Å². The minimum absolute atomic E-state index is 0.121. The van der Waals surface area contributed by atoms with Crippen molar-refractivity contribution < 1.29 is 9.59 Å². The molecule has 142 valence electrons. The summed E-state index contributed by atoms with van der Waals surface area (Å²) in [6.45, 7) is 2.05. The van der Waals surface area contributed by atoms with Crippen LogP contribution in [0, 0.1) is 0 Å². The number of benzene rings is 1. The molecular formula is C20H24N4O3. The number of nitrogens with zero attached hydrogens (tertiary/aromatic N) is 2. The lowest BCUT2D eigenvalue weighted by molar-refractivity contribution is -0.135. The fraction of sp³-hybridized carbons (Fsp3) is 0.550. The zero-order valence-electron chi connectivity index (χ0n) is 15.2. The van der Waals surface area contributed by atoms with Crippen LogP contribution in [0.1, 0.15) is 62.1 Å². The van der Waals surface area contributed by atoms with Crippen LogP contribution in [-0.2, 0) is 9.59 Å². The molecule has 2 aromatic rings. The molecule has 1 saturated carbocycles. The molecule has 0 radical (unpaired) electrons. The summed E-state index contributed by atoms with van der Waals surface area (Å²) in [7, 11) is 0. The lowest BCUT2D eigenvalue weighted by Gasteiger charge is -2.23. The van der Waals surface area contributed by atoms with Crippen LogP contribution in [0.5, 0.6) is 0 Å². The normalized spacial score (nSPS) is 24.4. The van der Waals surface area contributed by atoms with Gasteiger partial charge < -0.3 is 5.32 Å². The molecule has 27 heavy (non-hydrogen) atoms. The van der Waals surface area contributed by atoms with E-state index in [1.807, 2.05) is 10.6 Å². The molecule has 0 spiro atoms. The molecule has 2 amide bonds. The number of carbonyl (C=O) groups is 2. The highest BCUT2D eigenvalue weighted by Crippen LogP contribution is 2.38. The van der Waals surface area contributed by atoms with Gasteiger partial charge in [-0.25, -0.2) is 4.79 Å². The van der Waals surface area contributed by atoms with Crippen LogP contribution < -0.4 is 16.3 Å². The Labute approximate surface area is 156 Å². The highest BCUT2D eigenvalue weighted by Gasteiger charge is 2.35. The van der Waals surface area contributed by atoms with Gasteiger partial charge in [0.2, 0.25) is 11.8 Å². The third-order valence-corrected chi connectivity index (χ3v) is 6.18. The van der Waals surface area contributed by atoms with Crippen molar-refractivity contribution in [2.24, 2.45) is 0 Å². The smallest absolute Gasteiger partial charge is 0.317 e. The lowest BCUT2D eigenvalue weighted by Crippen LogP contribution is -2.44. The van der Waals surface area contributed by atoms with Gasteiger partial charge in [-0.1, -0.05) is 6.07 Å². The molecule has 2 aliphatic heterocycles. The van der Waals surface area contributed by atoms with Crippen molar-refractivity contribution >= 4 is 22.8 Å². The number of rotatable bonds is 3. The zero-order chi connectivity index (χ0) is 18.5. The van der Waals surface area contributed by atoms with Gasteiger partial charge in [-0.05, 0) is 68.8 Å². The van der Waals surface area contributed by atoms with Crippen molar-refractivity contribution in [2.75, 3.05) is 13.1 Å². The fourth-order valence-corrected chi connectivity index (χ4v) is 4.58. The van der Waals surface area contributed by atoms with Gasteiger partial charge >= 0.3 is 5.69 Å². The van der Waals surface area contributed by atoms with Crippen molar-refractivity contribution in [1.29, 1.82) is 0 Å². The molecule has 1 atom stereocenters. The van der Waals surface area contributed by atoms with E-state index in [0.717, 1.165) is 49.8 Å². The van der Waals surface area contributed by atoms with E-state index < -0.39 is 6.04 Å². The maximum atomic E-state index is 13.2. The van der Waals surface area contributed by atoms with Crippen molar-refractivity contribution in [3.8, 4) is 0 Å². The third-order valence-electron chi connectivity index (χ3n) is 6.18. The molecule has 3 fully saturated rings. The first-order chi connectivity index (χ1) is 13.1. The number of aromatic nitrogens is 2. The molecule has 5 rings (SSSR count). The van der Waals surface area contributed by atoms with E-state index >= 15 is 0 Å². The molecule has 1 aromatic carbocycles. The van der Waals surface area contributed by atoms with Crippen LogP contribution in [0.15, 0.2) is 23.0 Å². The number of hydrogen-bond acceptors (Lipinski definition) is 4. The van der Waals surface area contributed by atoms with E-state index in [9.17, 15) is 14.4 Å². The average molecular weight is 368 g/mol. The Balaban J connectivity index is 1.63. The molecule has 7 nitrogen and oxygen atoms in total. The molecule has 2 saturated heterocycles. The van der Waals surface area contributed by atoms with Crippen molar-refractivity contribution in [3.05, 3.63) is 34.2 Å². The highest BCUT2D eigenvalue weighted by molar-refractivity contribution is 6.00. The average Bonchev–Trinajstić information content (AvgIpc) is 3.46. The fourth-order valence-electron chi connectivity index (χ4n) is 4.58. The van der Waals surface area contributed by atoms with Crippen molar-refractivity contribution in [3.63, 3.8) is 0 Å². The van der Waals surface area contributed by atoms with Crippen LogP contribution in [0.25, 0.3) is 11.0 Å². The van der Waals surface area contributed by atoms with Gasteiger partial charge in [0.05, 0.1) is 11.0 Å². The number of carbonyl (C=O) groups excluding carboxylic acids is 2. The second kappa shape index (κ2) is 6.34. The quantitative estimate of drug-likeness (QED) is 0.806. The molecule has 0 bridgehead atoms. The zero-order valence-corrected chi connectivity index (χ0v) is 15.2. The minimum atomic E-state index is -0.609. The van der Waals surface area contributed by atoms with Gasteiger partial charge in [-0.3, -0.25) is 24.0 Å². The lowest BCUT2D eigenvalue weighted by atomic mass is 9.90. The van der Waals surface area contributed by atoms with E-state index in [4.69, 9.17) is 0 Å². The van der Waals surface area contributed by atoms with Gasteiger partial charge in [0, 0.05) is 12.5 Å². The predicted octanol–water partition coefficient (Wildman–Crippen LogP) is 1.58. The Morgan fingerprint density at radius 2 is 1.67 bits per heavy atom. The van der Waals surface area contributed by atoms with E-state index in [0.29, 0.717) is 12.3 Å². The Morgan fingerprint density at radius 1 is 0.889 bits per heavy atom. The van der Waals surface area contributed by atoms with E-state index in [1.165, 1.54) is 5.56 Å². The Bertz CT molecular complexity index is 979. The maximum Gasteiger partial charge on any atom is 0.330 e. The summed E-state index contributed by atoms with van der Waals surface area (Å²) in [5.41, 5.74) is 2.89. The second-order valence-corrected chi connectivity index (χ2v) is 7.99. The van der Waals surface area contributed by atoms with Gasteiger partial charge in [0.15, 0.2) is 0 Å². The van der Waals surface area contributed by atoms with Crippen LogP contribution in [0.4, 0.5) is 0 Å². The van der Waals surface area contributed by atoms with Crippen molar-refractivity contribution in [1.82, 2.24) is 19.8 Å². The Morgan fingerprint density at radius 3 is 2.37 bits per heavy atom. The molecule has 7 heteroatoms. The molecule has 1 aromatic heterocycles. The highest BCUT2D eigenvalue weighted by atomic mass is 16.2. The van der Waals surface area contributed by atoms with Crippen LogP contribution in [-0.4, -0.2) is 34.0 Å².